The molecular formula is C19H23N3O2S. The predicted molar refractivity (Wildman–Crippen MR) is 98.2 cm³/mol. The van der Waals surface area contributed by atoms with Gasteiger partial charge in [0.15, 0.2) is 0 Å². The van der Waals surface area contributed by atoms with E-state index in [4.69, 9.17) is 0 Å². The van der Waals surface area contributed by atoms with Crippen molar-refractivity contribution in [2.45, 2.75) is 45.2 Å². The number of likely N-dealkylation sites (tertiary alicyclic amines) is 1. The van der Waals surface area contributed by atoms with Gasteiger partial charge in [0.25, 0.3) is 0 Å². The molecule has 0 bridgehead atoms. The van der Waals surface area contributed by atoms with Crippen molar-refractivity contribution in [2.24, 2.45) is 0 Å². The lowest BCUT2D eigenvalue weighted by Crippen LogP contribution is -2.46. The normalized spacial score (nSPS) is 16.8. The summed E-state index contributed by atoms with van der Waals surface area (Å²) >= 11 is 1.61. The Bertz CT molecular complexity index is 729. The Morgan fingerprint density at radius 1 is 1.32 bits per heavy atom. The highest BCUT2D eigenvalue weighted by Gasteiger charge is 2.33. The standard InChI is InChI=1S/C19H23N3O2S/c1-2-17-21-15(13-25-17)12-20-19(24)16-9-6-10-22(16)18(23)11-14-7-4-3-5-8-14/h3-5,7-8,13,16H,2,6,9-12H2,1H3,(H,20,24). The van der Waals surface area contributed by atoms with Crippen LogP contribution >= 0.6 is 11.3 Å². The monoisotopic (exact) mass is 357 g/mol. The molecule has 132 valence electrons. The van der Waals surface area contributed by atoms with E-state index in [-0.39, 0.29) is 17.9 Å². The van der Waals surface area contributed by atoms with Crippen LogP contribution in [0.1, 0.15) is 36.0 Å². The van der Waals surface area contributed by atoms with Gasteiger partial charge in [-0.2, -0.15) is 0 Å². The molecule has 0 spiro atoms. The van der Waals surface area contributed by atoms with Crippen LogP contribution in [0, 0.1) is 0 Å². The quantitative estimate of drug-likeness (QED) is 0.864. The summed E-state index contributed by atoms with van der Waals surface area (Å²) in [4.78, 5) is 31.3. The number of hydrogen-bond donors (Lipinski definition) is 1. The number of benzene rings is 1. The summed E-state index contributed by atoms with van der Waals surface area (Å²) in [6, 6.07) is 9.31. The molecule has 1 fully saturated rings. The van der Waals surface area contributed by atoms with Crippen molar-refractivity contribution in [1.82, 2.24) is 15.2 Å². The third-order valence-corrected chi connectivity index (χ3v) is 5.46. The van der Waals surface area contributed by atoms with Crippen LogP contribution in [0.2, 0.25) is 0 Å². The van der Waals surface area contributed by atoms with Gasteiger partial charge in [0.05, 0.1) is 23.7 Å². The van der Waals surface area contributed by atoms with Gasteiger partial charge in [-0.3, -0.25) is 9.59 Å². The van der Waals surface area contributed by atoms with Crippen LogP contribution in [-0.2, 0) is 29.0 Å². The average molecular weight is 357 g/mol. The number of carbonyl (C=O) groups is 2. The van der Waals surface area contributed by atoms with Gasteiger partial charge >= 0.3 is 0 Å². The Labute approximate surface area is 152 Å². The number of aromatic nitrogens is 1. The number of carbonyl (C=O) groups excluding carboxylic acids is 2. The minimum Gasteiger partial charge on any atom is -0.349 e. The minimum atomic E-state index is -0.361. The van der Waals surface area contributed by atoms with Crippen LogP contribution < -0.4 is 5.32 Å². The highest BCUT2D eigenvalue weighted by Crippen LogP contribution is 2.19. The van der Waals surface area contributed by atoms with Crippen molar-refractivity contribution in [3.63, 3.8) is 0 Å². The number of nitrogens with zero attached hydrogens (tertiary/aromatic N) is 2. The highest BCUT2D eigenvalue weighted by molar-refractivity contribution is 7.09. The zero-order chi connectivity index (χ0) is 17.6. The van der Waals surface area contributed by atoms with Gasteiger partial charge in [0.2, 0.25) is 11.8 Å². The molecule has 1 aliphatic rings. The molecule has 1 saturated heterocycles. The van der Waals surface area contributed by atoms with Crippen LogP contribution in [0.5, 0.6) is 0 Å². The Balaban J connectivity index is 1.56. The Morgan fingerprint density at radius 3 is 2.84 bits per heavy atom. The van der Waals surface area contributed by atoms with Gasteiger partial charge in [-0.15, -0.1) is 11.3 Å². The topological polar surface area (TPSA) is 62.3 Å². The summed E-state index contributed by atoms with van der Waals surface area (Å²) in [6.07, 6.45) is 2.85. The Morgan fingerprint density at radius 2 is 2.12 bits per heavy atom. The molecule has 2 heterocycles. The molecule has 0 saturated carbocycles. The second-order valence-corrected chi connectivity index (χ2v) is 7.15. The molecule has 0 aliphatic carbocycles. The van der Waals surface area contributed by atoms with E-state index in [1.54, 1.807) is 16.2 Å². The predicted octanol–water partition coefficient (Wildman–Crippen LogP) is 2.56. The fraction of sp³-hybridized carbons (Fsp3) is 0.421. The third kappa shape index (κ3) is 4.45. The van der Waals surface area contributed by atoms with Gasteiger partial charge in [-0.1, -0.05) is 37.3 Å². The van der Waals surface area contributed by atoms with Gasteiger partial charge in [0.1, 0.15) is 6.04 Å². The van der Waals surface area contributed by atoms with E-state index in [1.807, 2.05) is 35.7 Å². The van der Waals surface area contributed by atoms with Crippen LogP contribution in [0.25, 0.3) is 0 Å². The second-order valence-electron chi connectivity index (χ2n) is 6.21. The van der Waals surface area contributed by atoms with Crippen LogP contribution in [-0.4, -0.2) is 34.3 Å². The van der Waals surface area contributed by atoms with E-state index in [0.29, 0.717) is 19.5 Å². The molecule has 25 heavy (non-hydrogen) atoms. The number of nitrogens with one attached hydrogen (secondary N) is 1. The second kappa shape index (κ2) is 8.25. The number of thiazole rings is 1. The number of rotatable bonds is 6. The fourth-order valence-electron chi connectivity index (χ4n) is 3.10. The van der Waals surface area contributed by atoms with E-state index in [1.165, 1.54) is 0 Å². The SMILES string of the molecule is CCc1nc(CNC(=O)C2CCCN2C(=O)Cc2ccccc2)cs1. The maximum absolute atomic E-state index is 12.6. The lowest BCUT2D eigenvalue weighted by Gasteiger charge is -2.24. The first-order valence-corrected chi connectivity index (χ1v) is 9.59. The maximum Gasteiger partial charge on any atom is 0.243 e. The molecular weight excluding hydrogens is 334 g/mol. The third-order valence-electron chi connectivity index (χ3n) is 4.42. The molecule has 1 atom stereocenters. The van der Waals surface area contributed by atoms with Gasteiger partial charge in [0, 0.05) is 11.9 Å². The first kappa shape index (κ1) is 17.6. The van der Waals surface area contributed by atoms with Gasteiger partial charge < -0.3 is 10.2 Å². The first-order valence-electron chi connectivity index (χ1n) is 8.71. The smallest absolute Gasteiger partial charge is 0.243 e. The zero-order valence-corrected chi connectivity index (χ0v) is 15.2. The lowest BCUT2D eigenvalue weighted by molar-refractivity contribution is -0.138. The summed E-state index contributed by atoms with van der Waals surface area (Å²) < 4.78 is 0. The highest BCUT2D eigenvalue weighted by atomic mass is 32.1. The zero-order valence-electron chi connectivity index (χ0n) is 14.4. The summed E-state index contributed by atoms with van der Waals surface area (Å²) in [5.41, 5.74) is 1.86. The Kier molecular flexibility index (Phi) is 5.81. The average Bonchev–Trinajstić information content (AvgIpc) is 3.29. The molecule has 1 aromatic carbocycles. The molecule has 3 rings (SSSR count). The minimum absolute atomic E-state index is 0.0192. The summed E-state index contributed by atoms with van der Waals surface area (Å²) in [7, 11) is 0. The molecule has 2 aromatic rings. The van der Waals surface area contributed by atoms with E-state index < -0.39 is 0 Å². The Hall–Kier alpha value is -2.21. The molecule has 1 unspecified atom stereocenters. The number of aryl methyl sites for hydroxylation is 1. The van der Waals surface area contributed by atoms with Crippen molar-refractivity contribution in [3.05, 3.63) is 52.0 Å². The van der Waals surface area contributed by atoms with Crippen molar-refractivity contribution < 1.29 is 9.59 Å². The maximum atomic E-state index is 12.6. The van der Waals surface area contributed by atoms with Crippen LogP contribution in [0.15, 0.2) is 35.7 Å². The fourth-order valence-corrected chi connectivity index (χ4v) is 3.84. The van der Waals surface area contributed by atoms with Crippen molar-refractivity contribution in [3.8, 4) is 0 Å². The van der Waals surface area contributed by atoms with E-state index in [2.05, 4.69) is 17.2 Å². The van der Waals surface area contributed by atoms with Crippen molar-refractivity contribution in [2.75, 3.05) is 6.54 Å². The van der Waals surface area contributed by atoms with E-state index in [0.717, 1.165) is 35.5 Å². The summed E-state index contributed by atoms with van der Waals surface area (Å²) in [5, 5.41) is 5.99. The van der Waals surface area contributed by atoms with Crippen LogP contribution in [0.3, 0.4) is 0 Å². The van der Waals surface area contributed by atoms with E-state index >= 15 is 0 Å². The van der Waals surface area contributed by atoms with Crippen LogP contribution in [0.4, 0.5) is 0 Å². The van der Waals surface area contributed by atoms with Crippen molar-refractivity contribution >= 4 is 23.2 Å². The number of hydrogen-bond acceptors (Lipinski definition) is 4. The van der Waals surface area contributed by atoms with E-state index in [9.17, 15) is 9.59 Å². The van der Waals surface area contributed by atoms with Gasteiger partial charge in [-0.25, -0.2) is 4.98 Å². The molecule has 1 aromatic heterocycles. The number of amides is 2. The van der Waals surface area contributed by atoms with Crippen molar-refractivity contribution in [1.29, 1.82) is 0 Å². The molecule has 1 N–H and O–H groups in total. The molecule has 6 heteroatoms. The van der Waals surface area contributed by atoms with Gasteiger partial charge in [-0.05, 0) is 24.8 Å². The lowest BCUT2D eigenvalue weighted by atomic mass is 10.1. The summed E-state index contributed by atoms with van der Waals surface area (Å²) in [5.74, 6) is -0.0595. The molecule has 5 nitrogen and oxygen atoms in total. The first-order chi connectivity index (χ1) is 12.2. The summed E-state index contributed by atoms with van der Waals surface area (Å²) in [6.45, 7) is 3.14. The molecule has 1 aliphatic heterocycles. The molecule has 0 radical (unpaired) electrons. The largest absolute Gasteiger partial charge is 0.349 e. The molecule has 2 amide bonds.